The van der Waals surface area contributed by atoms with Gasteiger partial charge >= 0.3 is 6.61 Å². The fourth-order valence-electron chi connectivity index (χ4n) is 2.89. The zero-order valence-electron chi connectivity index (χ0n) is 15.3. The molecule has 0 aliphatic heterocycles. The Hall–Kier alpha value is -2.78. The molecule has 0 atom stereocenters. The highest BCUT2D eigenvalue weighted by Crippen LogP contribution is 2.38. The van der Waals surface area contributed by atoms with Gasteiger partial charge in [-0.2, -0.15) is 8.78 Å². The summed E-state index contributed by atoms with van der Waals surface area (Å²) in [5, 5.41) is 6.65. The number of aryl methyl sites for hydroxylation is 1. The van der Waals surface area contributed by atoms with Crippen molar-refractivity contribution in [3.05, 3.63) is 52.3 Å². The third-order valence-corrected chi connectivity index (χ3v) is 6.00. The molecule has 0 saturated heterocycles. The third-order valence-electron chi connectivity index (χ3n) is 4.17. The number of ether oxygens (including phenoxy) is 2. The number of alkyl halides is 2. The first-order valence-electron chi connectivity index (χ1n) is 8.70. The summed E-state index contributed by atoms with van der Waals surface area (Å²) >= 11 is 3.19. The van der Waals surface area contributed by atoms with Crippen molar-refractivity contribution in [1.82, 2.24) is 10.3 Å². The number of halogens is 2. The SMILES string of the molecule is Cc1nc2c(cc(OCC(=O)NCc3ccc(OC(F)F)cc3)c3ccsc32)s1. The second-order valence-electron chi connectivity index (χ2n) is 6.21. The highest BCUT2D eigenvalue weighted by Gasteiger charge is 2.13. The second-order valence-corrected chi connectivity index (χ2v) is 8.36. The van der Waals surface area contributed by atoms with Crippen LogP contribution in [-0.2, 0) is 11.3 Å². The molecule has 1 amide bonds. The monoisotopic (exact) mass is 434 g/mol. The second kappa shape index (κ2) is 8.30. The number of nitrogens with one attached hydrogen (secondary N) is 1. The molecule has 5 nitrogen and oxygen atoms in total. The van der Waals surface area contributed by atoms with E-state index in [1.807, 2.05) is 24.4 Å². The number of hydrogen-bond donors (Lipinski definition) is 1. The van der Waals surface area contributed by atoms with Crippen LogP contribution < -0.4 is 14.8 Å². The van der Waals surface area contributed by atoms with E-state index in [0.717, 1.165) is 30.9 Å². The Morgan fingerprint density at radius 3 is 2.79 bits per heavy atom. The summed E-state index contributed by atoms with van der Waals surface area (Å²) in [5.41, 5.74) is 1.73. The van der Waals surface area contributed by atoms with Gasteiger partial charge in [0.1, 0.15) is 11.5 Å². The summed E-state index contributed by atoms with van der Waals surface area (Å²) in [5.74, 6) is 0.454. The molecule has 0 spiro atoms. The van der Waals surface area contributed by atoms with Crippen molar-refractivity contribution in [3.63, 3.8) is 0 Å². The van der Waals surface area contributed by atoms with Crippen molar-refractivity contribution in [2.75, 3.05) is 6.61 Å². The van der Waals surface area contributed by atoms with Gasteiger partial charge < -0.3 is 14.8 Å². The predicted octanol–water partition coefficient (Wildman–Crippen LogP) is 5.12. The van der Waals surface area contributed by atoms with Crippen LogP contribution in [0.15, 0.2) is 41.8 Å². The van der Waals surface area contributed by atoms with E-state index in [1.54, 1.807) is 34.8 Å². The number of benzene rings is 2. The summed E-state index contributed by atoms with van der Waals surface area (Å²) in [6.07, 6.45) is 0. The van der Waals surface area contributed by atoms with Crippen LogP contribution in [-0.4, -0.2) is 24.1 Å². The zero-order valence-corrected chi connectivity index (χ0v) is 16.9. The molecule has 4 aromatic rings. The van der Waals surface area contributed by atoms with Crippen LogP contribution in [0.2, 0.25) is 0 Å². The molecule has 0 fully saturated rings. The Morgan fingerprint density at radius 2 is 2.03 bits per heavy atom. The zero-order chi connectivity index (χ0) is 20.4. The van der Waals surface area contributed by atoms with Crippen molar-refractivity contribution in [3.8, 4) is 11.5 Å². The van der Waals surface area contributed by atoms with Crippen LogP contribution in [0.5, 0.6) is 11.5 Å². The van der Waals surface area contributed by atoms with Crippen molar-refractivity contribution >= 4 is 48.9 Å². The maximum Gasteiger partial charge on any atom is 0.387 e. The van der Waals surface area contributed by atoms with E-state index in [9.17, 15) is 13.6 Å². The van der Waals surface area contributed by atoms with Crippen molar-refractivity contribution in [2.24, 2.45) is 0 Å². The number of hydrogen-bond acceptors (Lipinski definition) is 6. The molecule has 9 heteroatoms. The number of carbonyl (C=O) groups excluding carboxylic acids is 1. The molecule has 0 unspecified atom stereocenters. The van der Waals surface area contributed by atoms with Gasteiger partial charge in [0.25, 0.3) is 5.91 Å². The van der Waals surface area contributed by atoms with Crippen LogP contribution in [0.4, 0.5) is 8.78 Å². The Labute approximate surface area is 172 Å². The highest BCUT2D eigenvalue weighted by molar-refractivity contribution is 7.21. The van der Waals surface area contributed by atoms with E-state index in [1.165, 1.54) is 12.1 Å². The summed E-state index contributed by atoms with van der Waals surface area (Å²) < 4.78 is 36.5. The van der Waals surface area contributed by atoms with Gasteiger partial charge in [0.2, 0.25) is 0 Å². The van der Waals surface area contributed by atoms with Gasteiger partial charge in [-0.25, -0.2) is 4.98 Å². The van der Waals surface area contributed by atoms with Crippen LogP contribution >= 0.6 is 22.7 Å². The smallest absolute Gasteiger partial charge is 0.387 e. The highest BCUT2D eigenvalue weighted by atomic mass is 32.1. The first kappa shape index (κ1) is 19.5. The molecule has 1 N–H and O–H groups in total. The molecule has 0 saturated carbocycles. The van der Waals surface area contributed by atoms with E-state index in [4.69, 9.17) is 4.74 Å². The Morgan fingerprint density at radius 1 is 1.24 bits per heavy atom. The normalized spacial score (nSPS) is 11.3. The summed E-state index contributed by atoms with van der Waals surface area (Å²) in [6, 6.07) is 9.99. The van der Waals surface area contributed by atoms with Crippen molar-refractivity contribution in [2.45, 2.75) is 20.1 Å². The number of carbonyl (C=O) groups is 1. The summed E-state index contributed by atoms with van der Waals surface area (Å²) in [4.78, 5) is 16.8. The number of nitrogens with zero attached hydrogens (tertiary/aromatic N) is 1. The quantitative estimate of drug-likeness (QED) is 0.439. The molecular weight excluding hydrogens is 418 g/mol. The Kier molecular flexibility index (Phi) is 5.59. The van der Waals surface area contributed by atoms with Gasteiger partial charge in [-0.1, -0.05) is 12.1 Å². The molecular formula is C20H16F2N2O3S2. The van der Waals surface area contributed by atoms with Gasteiger partial charge in [0.15, 0.2) is 6.61 Å². The van der Waals surface area contributed by atoms with E-state index in [-0.39, 0.29) is 24.8 Å². The van der Waals surface area contributed by atoms with Crippen LogP contribution in [0.1, 0.15) is 10.6 Å². The average molecular weight is 434 g/mol. The lowest BCUT2D eigenvalue weighted by atomic mass is 10.2. The fraction of sp³-hybridized carbons (Fsp3) is 0.200. The third kappa shape index (κ3) is 4.46. The van der Waals surface area contributed by atoms with Crippen molar-refractivity contribution in [1.29, 1.82) is 0 Å². The van der Waals surface area contributed by atoms with Gasteiger partial charge in [-0.3, -0.25) is 4.79 Å². The number of aromatic nitrogens is 1. The van der Waals surface area contributed by atoms with Crippen LogP contribution in [0.3, 0.4) is 0 Å². The maximum atomic E-state index is 12.2. The topological polar surface area (TPSA) is 60.5 Å². The fourth-order valence-corrected chi connectivity index (χ4v) is 4.72. The minimum Gasteiger partial charge on any atom is -0.483 e. The van der Waals surface area contributed by atoms with Gasteiger partial charge in [-0.05, 0) is 36.1 Å². The average Bonchev–Trinajstić information content (AvgIpc) is 3.31. The van der Waals surface area contributed by atoms with Crippen LogP contribution in [0, 0.1) is 6.92 Å². The lowest BCUT2D eigenvalue weighted by Crippen LogP contribution is -2.28. The molecule has 2 heterocycles. The first-order valence-corrected chi connectivity index (χ1v) is 10.4. The molecule has 0 bridgehead atoms. The van der Waals surface area contributed by atoms with Crippen molar-refractivity contribution < 1.29 is 23.0 Å². The largest absolute Gasteiger partial charge is 0.483 e. The molecule has 0 aliphatic rings. The Balaban J connectivity index is 1.37. The number of amides is 1. The number of thiazole rings is 1. The summed E-state index contributed by atoms with van der Waals surface area (Å²) in [7, 11) is 0. The number of rotatable bonds is 7. The molecule has 2 aromatic carbocycles. The van der Waals surface area contributed by atoms with Gasteiger partial charge in [-0.15, -0.1) is 22.7 Å². The maximum absolute atomic E-state index is 12.2. The number of fused-ring (bicyclic) bond motifs is 3. The van der Waals surface area contributed by atoms with E-state index >= 15 is 0 Å². The Bertz CT molecular complexity index is 1160. The van der Waals surface area contributed by atoms with E-state index < -0.39 is 6.61 Å². The van der Waals surface area contributed by atoms with E-state index in [2.05, 4.69) is 15.0 Å². The van der Waals surface area contributed by atoms with E-state index in [0.29, 0.717) is 5.75 Å². The van der Waals surface area contributed by atoms with Crippen LogP contribution in [0.25, 0.3) is 20.3 Å². The van der Waals surface area contributed by atoms with Gasteiger partial charge in [0, 0.05) is 18.0 Å². The molecule has 29 heavy (non-hydrogen) atoms. The minimum absolute atomic E-state index is 0.0758. The predicted molar refractivity (Wildman–Crippen MR) is 110 cm³/mol. The summed E-state index contributed by atoms with van der Waals surface area (Å²) in [6.45, 7) is -0.760. The van der Waals surface area contributed by atoms with Gasteiger partial charge in [0.05, 0.1) is 19.9 Å². The minimum atomic E-state index is -2.86. The standard InChI is InChI=1S/C20H16F2N2O3S2/c1-11-24-18-16(29-11)8-15(14-6-7-28-19(14)18)26-10-17(25)23-9-12-2-4-13(5-3-12)27-20(21)22/h2-8,20H,9-10H2,1H3,(H,23,25). The lowest BCUT2D eigenvalue weighted by Gasteiger charge is -2.10. The molecule has 0 aliphatic carbocycles. The molecule has 2 aromatic heterocycles. The first-order chi connectivity index (χ1) is 14.0. The molecule has 0 radical (unpaired) electrons. The molecule has 4 rings (SSSR count). The number of thiophene rings is 1. The lowest BCUT2D eigenvalue weighted by molar-refractivity contribution is -0.123. The molecule has 150 valence electrons.